The number of carbonyl (C=O) groups excluding carboxylic acids is 3. The molecular formula is C24H19N3O5S. The first-order chi connectivity index (χ1) is 16.0. The molecule has 0 atom stereocenters. The smallest absolute Gasteiger partial charge is 0.302 e. The number of thiol groups is 1. The van der Waals surface area contributed by atoms with Crippen molar-refractivity contribution in [2.75, 3.05) is 0 Å². The summed E-state index contributed by atoms with van der Waals surface area (Å²) < 4.78 is 12.0. The zero-order chi connectivity index (χ0) is 23.2. The van der Waals surface area contributed by atoms with Crippen LogP contribution in [0.4, 0.5) is 0 Å². The van der Waals surface area contributed by atoms with E-state index in [9.17, 15) is 14.4 Å². The van der Waals surface area contributed by atoms with Gasteiger partial charge in [0.05, 0.1) is 5.52 Å². The number of aldehydes is 1. The van der Waals surface area contributed by atoms with Gasteiger partial charge in [0.25, 0.3) is 5.91 Å². The molecule has 0 saturated heterocycles. The maximum absolute atomic E-state index is 12.4. The van der Waals surface area contributed by atoms with E-state index in [1.54, 1.807) is 30.3 Å². The molecule has 0 unspecified atom stereocenters. The summed E-state index contributed by atoms with van der Waals surface area (Å²) in [6.07, 6.45) is 0.0604. The molecule has 3 aromatic carbocycles. The summed E-state index contributed by atoms with van der Waals surface area (Å²) in [5, 5.41) is 0.660. The first-order valence-corrected chi connectivity index (χ1v) is 10.3. The average Bonchev–Trinajstić information content (AvgIpc) is 3.27. The van der Waals surface area contributed by atoms with Gasteiger partial charge in [0.1, 0.15) is 29.5 Å². The molecule has 0 fully saturated rings. The predicted molar refractivity (Wildman–Crippen MR) is 125 cm³/mol. The molecule has 4 rings (SSSR count). The molecule has 166 valence electrons. The molecule has 4 aromatic rings. The maximum Gasteiger partial charge on any atom is 0.302 e. The van der Waals surface area contributed by atoms with Gasteiger partial charge in [-0.1, -0.05) is 30.3 Å². The highest BCUT2D eigenvalue weighted by molar-refractivity contribution is 7.80. The number of fused-ring (bicyclic) bond motifs is 1. The molecular weight excluding hydrogens is 442 g/mol. The summed E-state index contributed by atoms with van der Waals surface area (Å²) >= 11 is 4.28. The van der Waals surface area contributed by atoms with Crippen LogP contribution in [0.5, 0.6) is 17.2 Å². The topological polar surface area (TPSA) is 110 Å². The van der Waals surface area contributed by atoms with Gasteiger partial charge in [0.15, 0.2) is 0 Å². The van der Waals surface area contributed by atoms with Gasteiger partial charge in [-0.3, -0.25) is 25.2 Å². The van der Waals surface area contributed by atoms with E-state index >= 15 is 0 Å². The summed E-state index contributed by atoms with van der Waals surface area (Å²) in [6, 6.07) is 22.0. The van der Waals surface area contributed by atoms with Gasteiger partial charge in [-0.15, -0.1) is 12.6 Å². The van der Waals surface area contributed by atoms with Crippen molar-refractivity contribution < 1.29 is 23.9 Å². The van der Waals surface area contributed by atoms with Crippen molar-refractivity contribution in [3.8, 4) is 17.2 Å². The first-order valence-electron chi connectivity index (χ1n) is 9.87. The van der Waals surface area contributed by atoms with Crippen LogP contribution in [0, 0.1) is 0 Å². The van der Waals surface area contributed by atoms with Crippen molar-refractivity contribution in [1.29, 1.82) is 0 Å². The molecule has 0 spiro atoms. The molecule has 1 heterocycles. The van der Waals surface area contributed by atoms with Gasteiger partial charge in [0.2, 0.25) is 6.29 Å². The molecule has 2 amide bonds. The van der Waals surface area contributed by atoms with Crippen LogP contribution in [0.15, 0.2) is 77.7 Å². The van der Waals surface area contributed by atoms with Crippen LogP contribution < -0.4 is 20.3 Å². The lowest BCUT2D eigenvalue weighted by Gasteiger charge is -2.11. The normalized spacial score (nSPS) is 10.5. The number of aromatic nitrogens is 1. The Kier molecular flexibility index (Phi) is 6.61. The number of ether oxygens (including phenoxy) is 2. The summed E-state index contributed by atoms with van der Waals surface area (Å²) in [4.78, 5) is 37.7. The molecule has 1 aromatic heterocycles. The average molecular weight is 461 g/mol. The molecule has 0 aliphatic heterocycles. The van der Waals surface area contributed by atoms with Crippen LogP contribution in [0.1, 0.15) is 16.1 Å². The highest BCUT2D eigenvalue weighted by Gasteiger charge is 2.15. The summed E-state index contributed by atoms with van der Waals surface area (Å²) in [7, 11) is 0. The molecule has 33 heavy (non-hydrogen) atoms. The Morgan fingerprint density at radius 3 is 2.42 bits per heavy atom. The molecule has 0 aliphatic carbocycles. The van der Waals surface area contributed by atoms with Crippen LogP contribution in [0.3, 0.4) is 0 Å². The third-order valence-electron chi connectivity index (χ3n) is 4.63. The fourth-order valence-electron chi connectivity index (χ4n) is 3.08. The van der Waals surface area contributed by atoms with Gasteiger partial charge >= 0.3 is 5.91 Å². The summed E-state index contributed by atoms with van der Waals surface area (Å²) in [6.45, 7) is 0.309. The lowest BCUT2D eigenvalue weighted by molar-refractivity contribution is -0.131. The number of nitrogens with one attached hydrogen (secondary N) is 3. The summed E-state index contributed by atoms with van der Waals surface area (Å²) in [5.41, 5.74) is 5.88. The van der Waals surface area contributed by atoms with Gasteiger partial charge in [-0.25, -0.2) is 0 Å². The van der Waals surface area contributed by atoms with Crippen LogP contribution in [-0.2, 0) is 16.2 Å². The van der Waals surface area contributed by atoms with E-state index in [0.29, 0.717) is 34.8 Å². The molecule has 0 bridgehead atoms. The molecule has 3 N–H and O–H groups in total. The highest BCUT2D eigenvalue weighted by Crippen LogP contribution is 2.34. The number of H-pyrrole nitrogens is 1. The van der Waals surface area contributed by atoms with Crippen molar-refractivity contribution in [1.82, 2.24) is 15.8 Å². The van der Waals surface area contributed by atoms with E-state index in [0.717, 1.165) is 10.5 Å². The largest absolute Gasteiger partial charge is 0.487 e. The second-order valence-corrected chi connectivity index (χ2v) is 7.52. The lowest BCUT2D eigenvalue weighted by atomic mass is 10.2. The highest BCUT2D eigenvalue weighted by atomic mass is 32.1. The van der Waals surface area contributed by atoms with Crippen molar-refractivity contribution in [2.45, 2.75) is 11.5 Å². The predicted octanol–water partition coefficient (Wildman–Crippen LogP) is 3.79. The second-order valence-electron chi connectivity index (χ2n) is 7.00. The van der Waals surface area contributed by atoms with Crippen molar-refractivity contribution in [2.24, 2.45) is 0 Å². The monoisotopic (exact) mass is 461 g/mol. The number of aromatic amines is 1. The van der Waals surface area contributed by atoms with Crippen molar-refractivity contribution in [3.63, 3.8) is 0 Å². The van der Waals surface area contributed by atoms with E-state index in [-0.39, 0.29) is 12.0 Å². The van der Waals surface area contributed by atoms with E-state index in [1.807, 2.05) is 47.9 Å². The fraction of sp³-hybridized carbons (Fsp3) is 0.0417. The summed E-state index contributed by atoms with van der Waals surface area (Å²) in [5.74, 6) is 0.0218. The SMILES string of the molecule is O=CC(=O)NNC(=O)c1cc2cc(Oc3ccc(S)cc3)cc(OCc3ccccc3)c2[nH]1. The van der Waals surface area contributed by atoms with E-state index in [2.05, 4.69) is 23.0 Å². The minimum atomic E-state index is -0.964. The van der Waals surface area contributed by atoms with Gasteiger partial charge in [-0.05, 0) is 42.0 Å². The number of amides is 2. The van der Waals surface area contributed by atoms with E-state index in [1.165, 1.54) is 0 Å². The minimum Gasteiger partial charge on any atom is -0.487 e. The Balaban J connectivity index is 1.65. The standard InChI is InChI=1S/C24H19N3O5S/c28-13-22(29)26-27-24(30)20-11-16-10-18(32-17-6-8-19(33)9-7-17)12-21(23(16)25-20)31-14-15-4-2-1-3-5-15/h1-13,25,33H,14H2,(H,26,29)(H,27,30). The van der Waals surface area contributed by atoms with E-state index < -0.39 is 11.8 Å². The number of benzene rings is 3. The van der Waals surface area contributed by atoms with E-state index in [4.69, 9.17) is 9.47 Å². The van der Waals surface area contributed by atoms with Gasteiger partial charge in [-0.2, -0.15) is 0 Å². The number of hydrazine groups is 1. The Morgan fingerprint density at radius 1 is 0.939 bits per heavy atom. The quantitative estimate of drug-likeness (QED) is 0.145. The lowest BCUT2D eigenvalue weighted by Crippen LogP contribution is -2.42. The molecule has 0 saturated carbocycles. The van der Waals surface area contributed by atoms with Crippen LogP contribution >= 0.6 is 12.6 Å². The zero-order valence-corrected chi connectivity index (χ0v) is 18.1. The number of rotatable bonds is 7. The van der Waals surface area contributed by atoms with Crippen molar-refractivity contribution >= 4 is 41.6 Å². The van der Waals surface area contributed by atoms with Gasteiger partial charge in [0, 0.05) is 16.3 Å². The molecule has 9 heteroatoms. The second kappa shape index (κ2) is 9.92. The Hall–Kier alpha value is -4.24. The maximum atomic E-state index is 12.4. The fourth-order valence-corrected chi connectivity index (χ4v) is 3.23. The molecule has 8 nitrogen and oxygen atoms in total. The van der Waals surface area contributed by atoms with Gasteiger partial charge < -0.3 is 14.5 Å². The third kappa shape index (κ3) is 5.52. The minimum absolute atomic E-state index is 0.0604. The molecule has 0 aliphatic rings. The number of hydrogen-bond donors (Lipinski definition) is 4. The number of hydrogen-bond acceptors (Lipinski definition) is 6. The first kappa shape index (κ1) is 22.0. The zero-order valence-electron chi connectivity index (χ0n) is 17.2. The Labute approximate surface area is 194 Å². The Morgan fingerprint density at radius 2 is 1.70 bits per heavy atom. The van der Waals surface area contributed by atoms with Crippen LogP contribution in [0.2, 0.25) is 0 Å². The molecule has 0 radical (unpaired) electrons. The van der Waals surface area contributed by atoms with Crippen LogP contribution in [0.25, 0.3) is 10.9 Å². The third-order valence-corrected chi connectivity index (χ3v) is 4.92. The number of carbonyl (C=O) groups is 3. The van der Waals surface area contributed by atoms with Crippen LogP contribution in [-0.4, -0.2) is 23.1 Å². The Bertz CT molecular complexity index is 1300. The van der Waals surface area contributed by atoms with Crippen molar-refractivity contribution in [3.05, 3.63) is 84.1 Å².